The number of hydrogen-bond donors (Lipinski definition) is 0. The number of rotatable bonds is 2. The normalized spacial score (nSPS) is 27.2. The van der Waals surface area contributed by atoms with E-state index in [0.29, 0.717) is 19.0 Å². The van der Waals surface area contributed by atoms with E-state index >= 15 is 0 Å². The van der Waals surface area contributed by atoms with Gasteiger partial charge >= 0.3 is 0 Å². The first-order valence-electron chi connectivity index (χ1n) is 5.55. The Kier molecular flexibility index (Phi) is 3.61. The standard InChI is InChI=1S/C10H16BrN3O2S/c1-8-4-6-14(7-9(8)11)17(15,16)10-3-5-12-13(10)2/h3,5,8-9H,4,6-7H2,1-2H3. The van der Waals surface area contributed by atoms with E-state index in [9.17, 15) is 8.42 Å². The molecule has 2 rings (SSSR count). The molecule has 0 amide bonds. The number of halogens is 1. The Morgan fingerprint density at radius 2 is 2.24 bits per heavy atom. The van der Waals surface area contributed by atoms with Crippen molar-refractivity contribution in [3.05, 3.63) is 12.3 Å². The second-order valence-corrected chi connectivity index (χ2v) is 7.50. The Morgan fingerprint density at radius 1 is 1.53 bits per heavy atom. The fourth-order valence-electron chi connectivity index (χ4n) is 1.96. The third-order valence-electron chi connectivity index (χ3n) is 3.21. The molecule has 17 heavy (non-hydrogen) atoms. The summed E-state index contributed by atoms with van der Waals surface area (Å²) < 4.78 is 27.7. The highest BCUT2D eigenvalue weighted by molar-refractivity contribution is 9.09. The maximum Gasteiger partial charge on any atom is 0.260 e. The van der Waals surface area contributed by atoms with Gasteiger partial charge in [-0.25, -0.2) is 8.42 Å². The summed E-state index contributed by atoms with van der Waals surface area (Å²) in [6.45, 7) is 3.24. The van der Waals surface area contributed by atoms with Crippen molar-refractivity contribution in [3.8, 4) is 0 Å². The van der Waals surface area contributed by atoms with Gasteiger partial charge in [0.1, 0.15) is 0 Å². The molecule has 1 aliphatic heterocycles. The average molecular weight is 322 g/mol. The zero-order chi connectivity index (χ0) is 12.6. The lowest BCUT2D eigenvalue weighted by atomic mass is 10.0. The second kappa shape index (κ2) is 4.70. The van der Waals surface area contributed by atoms with Gasteiger partial charge in [0.25, 0.3) is 10.0 Å². The maximum absolute atomic E-state index is 12.4. The van der Waals surface area contributed by atoms with E-state index in [2.05, 4.69) is 28.0 Å². The van der Waals surface area contributed by atoms with Crippen LogP contribution in [0.2, 0.25) is 0 Å². The third kappa shape index (κ3) is 2.41. The van der Waals surface area contributed by atoms with Crippen LogP contribution in [0.15, 0.2) is 17.3 Å². The topological polar surface area (TPSA) is 55.2 Å². The molecule has 0 saturated carbocycles. The van der Waals surface area contributed by atoms with Crippen molar-refractivity contribution in [3.63, 3.8) is 0 Å². The molecular weight excluding hydrogens is 306 g/mol. The number of nitrogens with zero attached hydrogens (tertiary/aromatic N) is 3. The summed E-state index contributed by atoms with van der Waals surface area (Å²) in [7, 11) is -1.76. The van der Waals surface area contributed by atoms with Crippen molar-refractivity contribution in [1.29, 1.82) is 0 Å². The van der Waals surface area contributed by atoms with Crippen molar-refractivity contribution >= 4 is 26.0 Å². The number of sulfonamides is 1. The van der Waals surface area contributed by atoms with E-state index in [0.717, 1.165) is 6.42 Å². The Labute approximate surface area is 110 Å². The largest absolute Gasteiger partial charge is 0.260 e. The zero-order valence-electron chi connectivity index (χ0n) is 9.88. The molecule has 2 heterocycles. The van der Waals surface area contributed by atoms with Crippen LogP contribution in [-0.2, 0) is 17.1 Å². The number of alkyl halides is 1. The van der Waals surface area contributed by atoms with E-state index < -0.39 is 10.0 Å². The van der Waals surface area contributed by atoms with Crippen molar-refractivity contribution in [1.82, 2.24) is 14.1 Å². The quantitative estimate of drug-likeness (QED) is 0.769. The first-order chi connectivity index (χ1) is 7.93. The molecule has 1 fully saturated rings. The molecule has 0 aromatic carbocycles. The molecule has 96 valence electrons. The summed E-state index contributed by atoms with van der Waals surface area (Å²) in [5.41, 5.74) is 0. The van der Waals surface area contributed by atoms with Gasteiger partial charge in [-0.2, -0.15) is 9.40 Å². The highest BCUT2D eigenvalue weighted by Crippen LogP contribution is 2.27. The van der Waals surface area contributed by atoms with E-state index in [1.165, 1.54) is 21.3 Å². The van der Waals surface area contributed by atoms with Gasteiger partial charge in [-0.3, -0.25) is 4.68 Å². The Morgan fingerprint density at radius 3 is 2.76 bits per heavy atom. The van der Waals surface area contributed by atoms with E-state index in [-0.39, 0.29) is 9.85 Å². The summed E-state index contributed by atoms with van der Waals surface area (Å²) >= 11 is 3.54. The molecule has 1 aromatic heterocycles. The van der Waals surface area contributed by atoms with Crippen LogP contribution in [0.3, 0.4) is 0 Å². The third-order valence-corrected chi connectivity index (χ3v) is 6.34. The van der Waals surface area contributed by atoms with Gasteiger partial charge < -0.3 is 0 Å². The molecule has 2 unspecified atom stereocenters. The molecule has 5 nitrogen and oxygen atoms in total. The number of hydrogen-bond acceptors (Lipinski definition) is 3. The van der Waals surface area contributed by atoms with Gasteiger partial charge in [0, 0.05) is 25.0 Å². The van der Waals surface area contributed by atoms with Crippen LogP contribution < -0.4 is 0 Å². The molecule has 0 N–H and O–H groups in total. The summed E-state index contributed by atoms with van der Waals surface area (Å²) in [5.74, 6) is 0.507. The number of aromatic nitrogens is 2. The monoisotopic (exact) mass is 321 g/mol. The van der Waals surface area contributed by atoms with Crippen LogP contribution in [0.5, 0.6) is 0 Å². The Hall–Kier alpha value is -0.400. The summed E-state index contributed by atoms with van der Waals surface area (Å²) in [4.78, 5) is 0.222. The highest BCUT2D eigenvalue weighted by Gasteiger charge is 2.33. The fraction of sp³-hybridized carbons (Fsp3) is 0.700. The fourth-order valence-corrected chi connectivity index (χ4v) is 4.35. The molecule has 1 saturated heterocycles. The lowest BCUT2D eigenvalue weighted by Gasteiger charge is -2.33. The van der Waals surface area contributed by atoms with E-state index in [4.69, 9.17) is 0 Å². The van der Waals surface area contributed by atoms with Gasteiger partial charge in [0.15, 0.2) is 5.03 Å². The minimum absolute atomic E-state index is 0.222. The predicted molar refractivity (Wildman–Crippen MR) is 68.5 cm³/mol. The van der Waals surface area contributed by atoms with Gasteiger partial charge in [0.05, 0.1) is 6.20 Å². The molecule has 7 heteroatoms. The average Bonchev–Trinajstić information content (AvgIpc) is 2.69. The van der Waals surface area contributed by atoms with Crippen LogP contribution in [0.4, 0.5) is 0 Å². The van der Waals surface area contributed by atoms with Crippen LogP contribution >= 0.6 is 15.9 Å². The molecule has 0 spiro atoms. The van der Waals surface area contributed by atoms with Crippen molar-refractivity contribution in [2.45, 2.75) is 23.2 Å². The van der Waals surface area contributed by atoms with Gasteiger partial charge in [-0.15, -0.1) is 0 Å². The molecular formula is C10H16BrN3O2S. The summed E-state index contributed by atoms with van der Waals surface area (Å²) in [6, 6.07) is 1.54. The molecule has 1 aliphatic rings. The van der Waals surface area contributed by atoms with E-state index in [1.807, 2.05) is 0 Å². The van der Waals surface area contributed by atoms with Gasteiger partial charge in [-0.1, -0.05) is 22.9 Å². The molecule has 0 aliphatic carbocycles. The zero-order valence-corrected chi connectivity index (χ0v) is 12.3. The minimum Gasteiger partial charge on any atom is -0.256 e. The summed E-state index contributed by atoms with van der Waals surface area (Å²) in [6.07, 6.45) is 2.39. The number of piperidine rings is 1. The first-order valence-corrected chi connectivity index (χ1v) is 7.90. The lowest BCUT2D eigenvalue weighted by Crippen LogP contribution is -2.44. The van der Waals surface area contributed by atoms with Gasteiger partial charge in [-0.05, 0) is 18.4 Å². The second-order valence-electron chi connectivity index (χ2n) is 4.44. The predicted octanol–water partition coefficient (Wildman–Crippen LogP) is 1.21. The minimum atomic E-state index is -3.40. The summed E-state index contributed by atoms with van der Waals surface area (Å²) in [5, 5.41) is 4.17. The molecule has 2 atom stereocenters. The SMILES string of the molecule is CC1CCN(S(=O)(=O)c2ccnn2C)CC1Br. The van der Waals surface area contributed by atoms with Crippen LogP contribution in [0.25, 0.3) is 0 Å². The van der Waals surface area contributed by atoms with Crippen LogP contribution in [0.1, 0.15) is 13.3 Å². The first kappa shape index (κ1) is 13.0. The maximum atomic E-state index is 12.4. The Bertz CT molecular complexity index is 499. The van der Waals surface area contributed by atoms with Crippen LogP contribution in [-0.4, -0.2) is 40.4 Å². The van der Waals surface area contributed by atoms with Crippen molar-refractivity contribution in [2.24, 2.45) is 13.0 Å². The van der Waals surface area contributed by atoms with E-state index in [1.54, 1.807) is 7.05 Å². The number of aryl methyl sites for hydroxylation is 1. The molecule has 1 aromatic rings. The Balaban J connectivity index is 2.26. The molecule has 0 bridgehead atoms. The molecule has 0 radical (unpaired) electrons. The highest BCUT2D eigenvalue weighted by atomic mass is 79.9. The lowest BCUT2D eigenvalue weighted by molar-refractivity contribution is 0.298. The smallest absolute Gasteiger partial charge is 0.256 e. The van der Waals surface area contributed by atoms with Crippen LogP contribution in [0, 0.1) is 5.92 Å². The van der Waals surface area contributed by atoms with Crippen molar-refractivity contribution < 1.29 is 8.42 Å². The van der Waals surface area contributed by atoms with Gasteiger partial charge in [0.2, 0.25) is 0 Å². The van der Waals surface area contributed by atoms with Crippen molar-refractivity contribution in [2.75, 3.05) is 13.1 Å².